The molecular formula is C10H10N4O3S. The number of hydrogen-bond acceptors (Lipinski definition) is 7. The van der Waals surface area contributed by atoms with E-state index in [0.717, 1.165) is 11.8 Å². The van der Waals surface area contributed by atoms with Crippen molar-refractivity contribution in [3.8, 4) is 0 Å². The van der Waals surface area contributed by atoms with Gasteiger partial charge in [-0.1, -0.05) is 0 Å². The average molecular weight is 266 g/mol. The van der Waals surface area contributed by atoms with Gasteiger partial charge < -0.3 is 9.52 Å². The van der Waals surface area contributed by atoms with Gasteiger partial charge in [-0.3, -0.25) is 0 Å². The van der Waals surface area contributed by atoms with Crippen LogP contribution in [0.4, 0.5) is 0 Å². The van der Waals surface area contributed by atoms with Crippen molar-refractivity contribution in [1.82, 2.24) is 20.4 Å². The highest BCUT2D eigenvalue weighted by molar-refractivity contribution is 7.99. The highest BCUT2D eigenvalue weighted by Crippen LogP contribution is 2.29. The van der Waals surface area contributed by atoms with Gasteiger partial charge in [0, 0.05) is 6.92 Å². The summed E-state index contributed by atoms with van der Waals surface area (Å²) in [5.41, 5.74) is 1.28. The number of aromatic carboxylic acids is 1. The lowest BCUT2D eigenvalue weighted by Crippen LogP contribution is -2.08. The monoisotopic (exact) mass is 266 g/mol. The van der Waals surface area contributed by atoms with Gasteiger partial charge in [-0.25, -0.2) is 4.79 Å². The zero-order chi connectivity index (χ0) is 13.3. The molecule has 94 valence electrons. The first-order valence-electron chi connectivity index (χ1n) is 5.04. The van der Waals surface area contributed by atoms with Crippen LogP contribution in [0.1, 0.15) is 27.5 Å². The Hall–Kier alpha value is -1.96. The lowest BCUT2D eigenvalue weighted by atomic mass is 10.1. The molecule has 0 fully saturated rings. The number of nitrogens with zero attached hydrogens (tertiary/aromatic N) is 4. The highest BCUT2D eigenvalue weighted by atomic mass is 32.2. The molecule has 0 aliphatic carbocycles. The molecule has 0 unspecified atom stereocenters. The molecule has 0 spiro atoms. The minimum absolute atomic E-state index is 0.114. The number of aromatic nitrogens is 4. The largest absolute Gasteiger partial charge is 0.478 e. The summed E-state index contributed by atoms with van der Waals surface area (Å²) < 4.78 is 5.17. The first kappa shape index (κ1) is 12.5. The molecule has 0 saturated heterocycles. The summed E-state index contributed by atoms with van der Waals surface area (Å²) >= 11 is 0.992. The van der Waals surface area contributed by atoms with E-state index >= 15 is 0 Å². The zero-order valence-electron chi connectivity index (χ0n) is 9.96. The summed E-state index contributed by atoms with van der Waals surface area (Å²) in [4.78, 5) is 11.2. The zero-order valence-corrected chi connectivity index (χ0v) is 10.8. The van der Waals surface area contributed by atoms with Gasteiger partial charge >= 0.3 is 5.97 Å². The number of rotatable bonds is 3. The molecule has 0 saturated carbocycles. The molecule has 0 atom stereocenters. The van der Waals surface area contributed by atoms with E-state index in [1.807, 2.05) is 0 Å². The van der Waals surface area contributed by atoms with E-state index in [2.05, 4.69) is 20.4 Å². The predicted octanol–water partition coefficient (Wildman–Crippen LogP) is 1.63. The second kappa shape index (κ2) is 4.73. The maximum absolute atomic E-state index is 11.2. The minimum atomic E-state index is -1.05. The molecule has 2 heterocycles. The topological polar surface area (TPSA) is 102 Å². The van der Waals surface area contributed by atoms with Crippen molar-refractivity contribution in [2.75, 3.05) is 0 Å². The Labute approximate surface area is 107 Å². The maximum Gasteiger partial charge on any atom is 0.338 e. The SMILES string of the molecule is Cc1nnc(Sc2nnc(C)c(C)c2C(=O)O)o1. The molecule has 2 aromatic heterocycles. The third kappa shape index (κ3) is 2.33. The fourth-order valence-electron chi connectivity index (χ4n) is 1.31. The van der Waals surface area contributed by atoms with Crippen molar-refractivity contribution in [2.24, 2.45) is 0 Å². The molecule has 2 aromatic rings. The summed E-state index contributed by atoms with van der Waals surface area (Å²) in [6.45, 7) is 5.05. The Bertz CT molecular complexity index is 611. The number of aryl methyl sites for hydroxylation is 2. The number of carbonyl (C=O) groups is 1. The van der Waals surface area contributed by atoms with E-state index < -0.39 is 5.97 Å². The Morgan fingerprint density at radius 3 is 2.44 bits per heavy atom. The van der Waals surface area contributed by atoms with Crippen LogP contribution in [0.25, 0.3) is 0 Å². The van der Waals surface area contributed by atoms with Crippen LogP contribution in [0, 0.1) is 20.8 Å². The normalized spacial score (nSPS) is 10.6. The van der Waals surface area contributed by atoms with Crippen molar-refractivity contribution in [3.63, 3.8) is 0 Å². The lowest BCUT2D eigenvalue weighted by molar-refractivity contribution is 0.0690. The molecule has 0 bridgehead atoms. The average Bonchev–Trinajstić information content (AvgIpc) is 2.69. The summed E-state index contributed by atoms with van der Waals surface area (Å²) in [6, 6.07) is 0. The molecule has 0 radical (unpaired) electrons. The Balaban J connectivity index is 2.44. The molecule has 1 N–H and O–H groups in total. The molecular weight excluding hydrogens is 256 g/mol. The second-order valence-electron chi connectivity index (χ2n) is 3.58. The summed E-state index contributed by atoms with van der Waals surface area (Å²) in [6.07, 6.45) is 0. The predicted molar refractivity (Wildman–Crippen MR) is 61.6 cm³/mol. The van der Waals surface area contributed by atoms with Gasteiger partial charge in [-0.15, -0.1) is 15.3 Å². The Morgan fingerprint density at radius 2 is 1.89 bits per heavy atom. The molecule has 7 nitrogen and oxygen atoms in total. The summed E-state index contributed by atoms with van der Waals surface area (Å²) in [5, 5.41) is 24.9. The van der Waals surface area contributed by atoms with Gasteiger partial charge in [0.2, 0.25) is 5.89 Å². The van der Waals surface area contributed by atoms with Gasteiger partial charge in [0.25, 0.3) is 5.22 Å². The van der Waals surface area contributed by atoms with Crippen molar-refractivity contribution >= 4 is 17.7 Å². The number of hydrogen-bond donors (Lipinski definition) is 1. The van der Waals surface area contributed by atoms with E-state index in [1.54, 1.807) is 20.8 Å². The third-order valence-electron chi connectivity index (χ3n) is 2.33. The summed E-state index contributed by atoms with van der Waals surface area (Å²) in [5.74, 6) is -0.643. The number of carboxylic acids is 1. The van der Waals surface area contributed by atoms with Crippen LogP contribution < -0.4 is 0 Å². The smallest absolute Gasteiger partial charge is 0.338 e. The van der Waals surface area contributed by atoms with Crippen LogP contribution in [0.15, 0.2) is 14.7 Å². The van der Waals surface area contributed by atoms with Crippen molar-refractivity contribution in [1.29, 1.82) is 0 Å². The van der Waals surface area contributed by atoms with Crippen molar-refractivity contribution in [2.45, 2.75) is 31.0 Å². The van der Waals surface area contributed by atoms with Crippen LogP contribution in [-0.4, -0.2) is 31.5 Å². The first-order valence-corrected chi connectivity index (χ1v) is 5.86. The maximum atomic E-state index is 11.2. The summed E-state index contributed by atoms with van der Waals surface area (Å²) in [7, 11) is 0. The standard InChI is InChI=1S/C10H10N4O3S/c1-4-5(2)11-13-8(7(4)9(15)16)18-10-14-12-6(3)17-10/h1-3H3,(H,15,16). The van der Waals surface area contributed by atoms with Gasteiger partial charge in [0.05, 0.1) is 11.3 Å². The van der Waals surface area contributed by atoms with Crippen LogP contribution in [0.2, 0.25) is 0 Å². The molecule has 0 aromatic carbocycles. The van der Waals surface area contributed by atoms with E-state index in [0.29, 0.717) is 17.1 Å². The molecule has 8 heteroatoms. The van der Waals surface area contributed by atoms with Crippen LogP contribution in [0.3, 0.4) is 0 Å². The van der Waals surface area contributed by atoms with Crippen LogP contribution in [0.5, 0.6) is 0 Å². The number of carboxylic acid groups (broad SMARTS) is 1. The Morgan fingerprint density at radius 1 is 1.17 bits per heavy atom. The third-order valence-corrected chi connectivity index (χ3v) is 3.15. The van der Waals surface area contributed by atoms with Crippen LogP contribution in [-0.2, 0) is 0 Å². The van der Waals surface area contributed by atoms with Gasteiger partial charge in [0.1, 0.15) is 5.03 Å². The fraction of sp³-hybridized carbons (Fsp3) is 0.300. The quantitative estimate of drug-likeness (QED) is 0.894. The molecule has 0 amide bonds. The first-order chi connectivity index (χ1) is 8.49. The Kier molecular flexibility index (Phi) is 3.28. The molecule has 2 rings (SSSR count). The molecule has 18 heavy (non-hydrogen) atoms. The van der Waals surface area contributed by atoms with E-state index in [-0.39, 0.29) is 15.8 Å². The van der Waals surface area contributed by atoms with E-state index in [4.69, 9.17) is 4.42 Å². The highest BCUT2D eigenvalue weighted by Gasteiger charge is 2.20. The van der Waals surface area contributed by atoms with Gasteiger partial charge in [-0.2, -0.15) is 5.10 Å². The van der Waals surface area contributed by atoms with Gasteiger partial charge in [0.15, 0.2) is 0 Å². The minimum Gasteiger partial charge on any atom is -0.478 e. The molecule has 0 aliphatic heterocycles. The fourth-order valence-corrected chi connectivity index (χ4v) is 2.15. The second-order valence-corrected chi connectivity index (χ2v) is 4.52. The van der Waals surface area contributed by atoms with Crippen LogP contribution >= 0.6 is 11.8 Å². The molecule has 0 aliphatic rings. The van der Waals surface area contributed by atoms with Crippen molar-refractivity contribution < 1.29 is 14.3 Å². The lowest BCUT2D eigenvalue weighted by Gasteiger charge is -2.06. The van der Waals surface area contributed by atoms with Gasteiger partial charge in [-0.05, 0) is 31.2 Å². The van der Waals surface area contributed by atoms with E-state index in [1.165, 1.54) is 0 Å². The van der Waals surface area contributed by atoms with E-state index in [9.17, 15) is 9.90 Å². The van der Waals surface area contributed by atoms with Crippen molar-refractivity contribution in [3.05, 3.63) is 22.7 Å².